The normalized spacial score (nSPS) is 16.9. The molecule has 8 nitrogen and oxygen atoms in total. The maximum atomic E-state index is 13.0. The van der Waals surface area contributed by atoms with Crippen molar-refractivity contribution in [2.75, 3.05) is 33.3 Å². The fourth-order valence-electron chi connectivity index (χ4n) is 4.06. The van der Waals surface area contributed by atoms with E-state index < -0.39 is 17.9 Å². The predicted molar refractivity (Wildman–Crippen MR) is 112 cm³/mol. The Morgan fingerprint density at radius 2 is 1.35 bits per heavy atom. The number of benzene rings is 2. The molecule has 0 saturated carbocycles. The molecule has 2 heterocycles. The molecule has 0 spiro atoms. The maximum absolute atomic E-state index is 13.0. The van der Waals surface area contributed by atoms with E-state index in [1.165, 1.54) is 7.11 Å². The van der Waals surface area contributed by atoms with Gasteiger partial charge in [0.2, 0.25) is 5.91 Å². The van der Waals surface area contributed by atoms with E-state index in [2.05, 4.69) is 0 Å². The average molecular weight is 421 g/mol. The fraction of sp³-hybridized carbons (Fsp3) is 0.304. The molecule has 0 bridgehead atoms. The molecular weight excluding hydrogens is 398 g/mol. The quantitative estimate of drug-likeness (QED) is 0.701. The third kappa shape index (κ3) is 3.54. The van der Waals surface area contributed by atoms with E-state index in [4.69, 9.17) is 4.74 Å². The Bertz CT molecular complexity index is 1020. The van der Waals surface area contributed by atoms with Gasteiger partial charge in [0.1, 0.15) is 11.8 Å². The number of carbonyl (C=O) groups is 4. The van der Waals surface area contributed by atoms with Crippen molar-refractivity contribution in [3.05, 3.63) is 65.2 Å². The highest BCUT2D eigenvalue weighted by molar-refractivity contribution is 6.22. The van der Waals surface area contributed by atoms with Crippen molar-refractivity contribution >= 4 is 23.6 Å². The zero-order valence-electron chi connectivity index (χ0n) is 17.4. The Morgan fingerprint density at radius 1 is 0.839 bits per heavy atom. The van der Waals surface area contributed by atoms with Crippen LogP contribution >= 0.6 is 0 Å². The van der Waals surface area contributed by atoms with Crippen molar-refractivity contribution in [1.29, 1.82) is 0 Å². The van der Waals surface area contributed by atoms with Gasteiger partial charge in [0.15, 0.2) is 0 Å². The summed E-state index contributed by atoms with van der Waals surface area (Å²) in [5.74, 6) is -0.861. The summed E-state index contributed by atoms with van der Waals surface area (Å²) in [6.45, 7) is 2.94. The lowest BCUT2D eigenvalue weighted by molar-refractivity contribution is -0.136. The van der Waals surface area contributed by atoms with Crippen molar-refractivity contribution < 1.29 is 23.9 Å². The Hall–Kier alpha value is -3.68. The van der Waals surface area contributed by atoms with Crippen molar-refractivity contribution in [1.82, 2.24) is 14.7 Å². The first-order valence-electron chi connectivity index (χ1n) is 10.1. The molecule has 31 heavy (non-hydrogen) atoms. The number of fused-ring (bicyclic) bond motifs is 1. The first-order chi connectivity index (χ1) is 14.9. The topological polar surface area (TPSA) is 87.2 Å². The van der Waals surface area contributed by atoms with Crippen LogP contribution in [-0.2, 0) is 4.79 Å². The Balaban J connectivity index is 1.41. The maximum Gasteiger partial charge on any atom is 0.262 e. The summed E-state index contributed by atoms with van der Waals surface area (Å²) in [4.78, 5) is 55.5. The molecular formula is C23H23N3O5. The molecule has 0 radical (unpaired) electrons. The van der Waals surface area contributed by atoms with Gasteiger partial charge in [-0.05, 0) is 31.2 Å². The lowest BCUT2D eigenvalue weighted by Gasteiger charge is -2.37. The molecule has 2 aromatic rings. The summed E-state index contributed by atoms with van der Waals surface area (Å²) < 4.78 is 5.27. The van der Waals surface area contributed by atoms with E-state index >= 15 is 0 Å². The van der Waals surface area contributed by atoms with Gasteiger partial charge in [-0.2, -0.15) is 0 Å². The molecule has 160 valence electrons. The first kappa shape index (κ1) is 20.6. The van der Waals surface area contributed by atoms with Crippen LogP contribution in [0.25, 0.3) is 0 Å². The predicted octanol–water partition coefficient (Wildman–Crippen LogP) is 1.66. The van der Waals surface area contributed by atoms with E-state index in [1.807, 2.05) is 0 Å². The molecule has 2 aliphatic heterocycles. The SMILES string of the molecule is COc1ccccc1C(=O)N1CCN(C(=O)C(C)N2C(=O)c3ccccc3C2=O)CC1. The Morgan fingerprint density at radius 3 is 1.94 bits per heavy atom. The highest BCUT2D eigenvalue weighted by Crippen LogP contribution is 2.25. The van der Waals surface area contributed by atoms with Gasteiger partial charge in [0.05, 0.1) is 23.8 Å². The molecule has 1 saturated heterocycles. The highest BCUT2D eigenvalue weighted by atomic mass is 16.5. The summed E-state index contributed by atoms with van der Waals surface area (Å²) in [6, 6.07) is 12.7. The lowest BCUT2D eigenvalue weighted by atomic mass is 10.1. The van der Waals surface area contributed by atoms with Crippen LogP contribution in [0.1, 0.15) is 38.0 Å². The van der Waals surface area contributed by atoms with Crippen molar-refractivity contribution in [2.24, 2.45) is 0 Å². The number of hydrogen-bond donors (Lipinski definition) is 0. The van der Waals surface area contributed by atoms with Crippen LogP contribution in [0.3, 0.4) is 0 Å². The smallest absolute Gasteiger partial charge is 0.262 e. The molecule has 0 N–H and O–H groups in total. The molecule has 0 aromatic heterocycles. The summed E-state index contributed by atoms with van der Waals surface area (Å²) in [7, 11) is 1.52. The number of carbonyl (C=O) groups excluding carboxylic acids is 4. The number of nitrogens with zero attached hydrogens (tertiary/aromatic N) is 3. The minimum atomic E-state index is -0.913. The van der Waals surface area contributed by atoms with Gasteiger partial charge in [-0.25, -0.2) is 0 Å². The third-order valence-electron chi connectivity index (χ3n) is 5.79. The number of amides is 4. The molecule has 0 aliphatic carbocycles. The number of methoxy groups -OCH3 is 1. The molecule has 1 fully saturated rings. The molecule has 4 amide bonds. The molecule has 1 unspecified atom stereocenters. The molecule has 2 aromatic carbocycles. The first-order valence-corrected chi connectivity index (χ1v) is 10.1. The summed E-state index contributed by atoms with van der Waals surface area (Å²) >= 11 is 0. The van der Waals surface area contributed by atoms with Gasteiger partial charge >= 0.3 is 0 Å². The number of para-hydroxylation sites is 1. The Labute approximate surface area is 180 Å². The van der Waals surface area contributed by atoms with Gasteiger partial charge in [-0.15, -0.1) is 0 Å². The lowest BCUT2D eigenvalue weighted by Crippen LogP contribution is -2.56. The molecule has 1 atom stereocenters. The second-order valence-electron chi connectivity index (χ2n) is 7.52. The molecule has 2 aliphatic rings. The largest absolute Gasteiger partial charge is 0.496 e. The van der Waals surface area contributed by atoms with E-state index in [0.717, 1.165) is 4.90 Å². The second-order valence-corrected chi connectivity index (χ2v) is 7.52. The third-order valence-corrected chi connectivity index (χ3v) is 5.79. The molecule has 4 rings (SSSR count). The number of rotatable bonds is 4. The summed E-state index contributed by atoms with van der Waals surface area (Å²) in [6.07, 6.45) is 0. The minimum absolute atomic E-state index is 0.155. The van der Waals surface area contributed by atoms with E-state index in [1.54, 1.807) is 65.3 Å². The van der Waals surface area contributed by atoms with Gasteiger partial charge in [0.25, 0.3) is 17.7 Å². The highest BCUT2D eigenvalue weighted by Gasteiger charge is 2.42. The minimum Gasteiger partial charge on any atom is -0.496 e. The number of ether oxygens (including phenoxy) is 1. The number of hydrogen-bond acceptors (Lipinski definition) is 5. The fourth-order valence-corrected chi connectivity index (χ4v) is 4.06. The van der Waals surface area contributed by atoms with E-state index in [-0.39, 0.29) is 11.8 Å². The van der Waals surface area contributed by atoms with Crippen molar-refractivity contribution in [3.8, 4) is 5.75 Å². The van der Waals surface area contributed by atoms with Gasteiger partial charge in [-0.1, -0.05) is 24.3 Å². The number of imide groups is 1. The number of piperazine rings is 1. The van der Waals surface area contributed by atoms with Crippen LogP contribution in [0, 0.1) is 0 Å². The van der Waals surface area contributed by atoms with Crippen LogP contribution in [0.2, 0.25) is 0 Å². The zero-order valence-corrected chi connectivity index (χ0v) is 17.4. The van der Waals surface area contributed by atoms with Crippen molar-refractivity contribution in [3.63, 3.8) is 0 Å². The van der Waals surface area contributed by atoms with Gasteiger partial charge in [-0.3, -0.25) is 24.1 Å². The van der Waals surface area contributed by atoms with Crippen LogP contribution in [0.15, 0.2) is 48.5 Å². The second kappa shape index (κ2) is 8.22. The van der Waals surface area contributed by atoms with Gasteiger partial charge < -0.3 is 14.5 Å². The molecule has 8 heteroatoms. The van der Waals surface area contributed by atoms with Crippen molar-refractivity contribution in [2.45, 2.75) is 13.0 Å². The summed E-state index contributed by atoms with van der Waals surface area (Å²) in [5.41, 5.74) is 1.11. The van der Waals surface area contributed by atoms with Crippen LogP contribution in [-0.4, -0.2) is 77.7 Å². The zero-order chi connectivity index (χ0) is 22.1. The standard InChI is InChI=1S/C23H23N3O5/c1-15(26-22(29)16-7-3-4-8-17(16)23(26)30)20(27)24-11-13-25(14-12-24)21(28)18-9-5-6-10-19(18)31-2/h3-10,15H,11-14H2,1-2H3. The van der Waals surface area contributed by atoms with Gasteiger partial charge in [0, 0.05) is 26.2 Å². The van der Waals surface area contributed by atoms with E-state index in [9.17, 15) is 19.2 Å². The Kier molecular flexibility index (Phi) is 5.46. The van der Waals surface area contributed by atoms with Crippen LogP contribution < -0.4 is 4.74 Å². The average Bonchev–Trinajstić information content (AvgIpc) is 3.07. The van der Waals surface area contributed by atoms with Crippen LogP contribution in [0.4, 0.5) is 0 Å². The monoisotopic (exact) mass is 421 g/mol. The van der Waals surface area contributed by atoms with E-state index in [0.29, 0.717) is 48.6 Å². The summed E-state index contributed by atoms with van der Waals surface area (Å²) in [5, 5.41) is 0. The van der Waals surface area contributed by atoms with Crippen LogP contribution in [0.5, 0.6) is 5.75 Å².